The van der Waals surface area contributed by atoms with E-state index in [2.05, 4.69) is 64.1 Å². The minimum Gasteiger partial charge on any atom is -0.457 e. The van der Waals surface area contributed by atoms with Crippen LogP contribution < -0.4 is 4.74 Å². The SMILES string of the molecule is CCCCCc1ccc(Oc2ccc(CCCCC)cc2CCCCC)c(CCCCC)c1. The third-order valence-corrected chi connectivity index (χ3v) is 6.71. The molecule has 1 heteroatoms. The number of unbranched alkanes of at least 4 members (excludes halogenated alkanes) is 8. The molecule has 0 aliphatic heterocycles. The molecule has 0 spiro atoms. The van der Waals surface area contributed by atoms with Crippen LogP contribution in [0, 0.1) is 0 Å². The molecule has 0 aliphatic carbocycles. The molecule has 0 aliphatic rings. The molecule has 2 aromatic carbocycles. The molecule has 1 nitrogen and oxygen atoms in total. The number of hydrogen-bond acceptors (Lipinski definition) is 1. The number of ether oxygens (including phenoxy) is 1. The number of benzene rings is 2. The van der Waals surface area contributed by atoms with Gasteiger partial charge in [-0.1, -0.05) is 103 Å². The Bertz CT molecular complexity index is 711. The van der Waals surface area contributed by atoms with Gasteiger partial charge >= 0.3 is 0 Å². The van der Waals surface area contributed by atoms with E-state index in [-0.39, 0.29) is 0 Å². The molecule has 184 valence electrons. The van der Waals surface area contributed by atoms with Crippen molar-refractivity contribution in [3.63, 3.8) is 0 Å². The molecule has 0 radical (unpaired) electrons. The summed E-state index contributed by atoms with van der Waals surface area (Å²) >= 11 is 0. The minimum absolute atomic E-state index is 1.07. The molecule has 0 heterocycles. The van der Waals surface area contributed by atoms with Crippen molar-refractivity contribution >= 4 is 0 Å². The van der Waals surface area contributed by atoms with E-state index in [1.54, 1.807) is 0 Å². The first kappa shape index (κ1) is 27.5. The molecule has 33 heavy (non-hydrogen) atoms. The first-order valence-electron chi connectivity index (χ1n) is 14.1. The Morgan fingerprint density at radius 2 is 0.818 bits per heavy atom. The van der Waals surface area contributed by atoms with E-state index >= 15 is 0 Å². The lowest BCUT2D eigenvalue weighted by Crippen LogP contribution is -1.99. The van der Waals surface area contributed by atoms with Crippen molar-refractivity contribution in [3.8, 4) is 11.5 Å². The smallest absolute Gasteiger partial charge is 0.130 e. The van der Waals surface area contributed by atoms with Gasteiger partial charge in [-0.3, -0.25) is 0 Å². The van der Waals surface area contributed by atoms with Gasteiger partial charge in [0.15, 0.2) is 0 Å². The largest absolute Gasteiger partial charge is 0.457 e. The van der Waals surface area contributed by atoms with Gasteiger partial charge in [0.05, 0.1) is 0 Å². The first-order chi connectivity index (χ1) is 16.2. The van der Waals surface area contributed by atoms with E-state index in [4.69, 9.17) is 4.74 Å². The molecule has 0 fully saturated rings. The topological polar surface area (TPSA) is 9.23 Å². The zero-order valence-corrected chi connectivity index (χ0v) is 22.2. The maximum atomic E-state index is 6.66. The highest BCUT2D eigenvalue weighted by atomic mass is 16.5. The summed E-state index contributed by atoms with van der Waals surface area (Å²) in [5, 5.41) is 0. The Balaban J connectivity index is 2.23. The second kappa shape index (κ2) is 16.8. The third-order valence-electron chi connectivity index (χ3n) is 6.71. The molecule has 0 N–H and O–H groups in total. The summed E-state index contributed by atoms with van der Waals surface area (Å²) in [7, 11) is 0. The van der Waals surface area contributed by atoms with Crippen LogP contribution in [0.25, 0.3) is 0 Å². The summed E-state index contributed by atoms with van der Waals surface area (Å²) in [6.07, 6.45) is 19.9. The Morgan fingerprint density at radius 3 is 1.18 bits per heavy atom. The van der Waals surface area contributed by atoms with Crippen LogP contribution >= 0.6 is 0 Å². The Morgan fingerprint density at radius 1 is 0.455 bits per heavy atom. The van der Waals surface area contributed by atoms with E-state index in [1.807, 2.05) is 0 Å². The molecule has 0 unspecified atom stereocenters. The molecular weight excluding hydrogens is 400 g/mol. The standard InChI is InChI=1S/C32H50O/c1-5-9-13-17-27-21-23-31(29(25-27)19-15-11-7-3)33-32-24-22-28(18-14-10-6-2)26-30(32)20-16-12-8-4/h21-26H,5-20H2,1-4H3. The van der Waals surface area contributed by atoms with Crippen molar-refractivity contribution < 1.29 is 4.74 Å². The van der Waals surface area contributed by atoms with Gasteiger partial charge in [-0.25, -0.2) is 0 Å². The fourth-order valence-electron chi connectivity index (χ4n) is 4.57. The van der Waals surface area contributed by atoms with Crippen LogP contribution in [0.15, 0.2) is 36.4 Å². The van der Waals surface area contributed by atoms with Crippen molar-refractivity contribution in [2.75, 3.05) is 0 Å². The summed E-state index contributed by atoms with van der Waals surface area (Å²) in [6, 6.07) is 13.9. The quantitative estimate of drug-likeness (QED) is 0.205. The zero-order valence-electron chi connectivity index (χ0n) is 22.2. The number of aryl methyl sites for hydroxylation is 4. The third kappa shape index (κ3) is 10.4. The van der Waals surface area contributed by atoms with Gasteiger partial charge in [-0.2, -0.15) is 0 Å². The van der Waals surface area contributed by atoms with E-state index in [0.29, 0.717) is 0 Å². The summed E-state index contributed by atoms with van der Waals surface area (Å²) < 4.78 is 6.66. The van der Waals surface area contributed by atoms with Crippen LogP contribution in [-0.4, -0.2) is 0 Å². The van der Waals surface area contributed by atoms with Crippen LogP contribution in [0.1, 0.15) is 127 Å². The maximum Gasteiger partial charge on any atom is 0.130 e. The average Bonchev–Trinajstić information content (AvgIpc) is 2.82. The molecule has 0 aromatic heterocycles. The van der Waals surface area contributed by atoms with Gasteiger partial charge < -0.3 is 4.74 Å². The summed E-state index contributed by atoms with van der Waals surface area (Å²) in [5.41, 5.74) is 5.72. The fourth-order valence-corrected chi connectivity index (χ4v) is 4.57. The van der Waals surface area contributed by atoms with Crippen molar-refractivity contribution in [1.82, 2.24) is 0 Å². The van der Waals surface area contributed by atoms with Crippen molar-refractivity contribution in [1.29, 1.82) is 0 Å². The lowest BCUT2D eigenvalue weighted by molar-refractivity contribution is 0.466. The van der Waals surface area contributed by atoms with Crippen molar-refractivity contribution in [3.05, 3.63) is 58.7 Å². The van der Waals surface area contributed by atoms with E-state index in [9.17, 15) is 0 Å². The zero-order chi connectivity index (χ0) is 23.7. The van der Waals surface area contributed by atoms with Crippen LogP contribution in [-0.2, 0) is 25.7 Å². The average molecular weight is 451 g/mol. The Hall–Kier alpha value is -1.76. The second-order valence-electron chi connectivity index (χ2n) is 9.81. The van der Waals surface area contributed by atoms with E-state index in [1.165, 1.54) is 112 Å². The highest BCUT2D eigenvalue weighted by Gasteiger charge is 2.11. The van der Waals surface area contributed by atoms with Gasteiger partial charge in [0.2, 0.25) is 0 Å². The predicted octanol–water partition coefficient (Wildman–Crippen LogP) is 10.4. The van der Waals surface area contributed by atoms with E-state index in [0.717, 1.165) is 24.3 Å². The molecule has 2 rings (SSSR count). The molecule has 2 aromatic rings. The van der Waals surface area contributed by atoms with Gasteiger partial charge in [0.25, 0.3) is 0 Å². The summed E-state index contributed by atoms with van der Waals surface area (Å²) in [4.78, 5) is 0. The highest BCUT2D eigenvalue weighted by molar-refractivity contribution is 5.44. The molecule has 0 atom stereocenters. The van der Waals surface area contributed by atoms with Gasteiger partial charge in [0, 0.05) is 0 Å². The highest BCUT2D eigenvalue weighted by Crippen LogP contribution is 2.32. The first-order valence-corrected chi connectivity index (χ1v) is 14.1. The van der Waals surface area contributed by atoms with Crippen LogP contribution in [0.5, 0.6) is 11.5 Å². The van der Waals surface area contributed by atoms with Crippen LogP contribution in [0.2, 0.25) is 0 Å². The minimum atomic E-state index is 1.07. The lowest BCUT2D eigenvalue weighted by Gasteiger charge is -2.17. The van der Waals surface area contributed by atoms with Crippen molar-refractivity contribution in [2.45, 2.75) is 130 Å². The van der Waals surface area contributed by atoms with Crippen molar-refractivity contribution in [2.24, 2.45) is 0 Å². The molecule has 0 saturated heterocycles. The Labute approximate surface area is 205 Å². The fraction of sp³-hybridized carbons (Fsp3) is 0.625. The van der Waals surface area contributed by atoms with Crippen LogP contribution in [0.3, 0.4) is 0 Å². The van der Waals surface area contributed by atoms with Gasteiger partial charge in [0.1, 0.15) is 11.5 Å². The molecule has 0 bridgehead atoms. The van der Waals surface area contributed by atoms with Gasteiger partial charge in [-0.05, 0) is 85.8 Å². The number of hydrogen-bond donors (Lipinski definition) is 0. The number of rotatable bonds is 18. The van der Waals surface area contributed by atoms with Gasteiger partial charge in [-0.15, -0.1) is 0 Å². The normalized spacial score (nSPS) is 11.2. The molecule has 0 amide bonds. The molecular formula is C32H50O. The van der Waals surface area contributed by atoms with Crippen LogP contribution in [0.4, 0.5) is 0 Å². The maximum absolute atomic E-state index is 6.66. The molecule has 0 saturated carbocycles. The predicted molar refractivity (Wildman–Crippen MR) is 146 cm³/mol. The lowest BCUT2D eigenvalue weighted by atomic mass is 9.99. The Kier molecular flexibility index (Phi) is 14.0. The summed E-state index contributed by atoms with van der Waals surface area (Å²) in [6.45, 7) is 9.12. The second-order valence-corrected chi connectivity index (χ2v) is 9.81. The van der Waals surface area contributed by atoms with E-state index < -0.39 is 0 Å². The summed E-state index contributed by atoms with van der Waals surface area (Å²) in [5.74, 6) is 2.14. The monoisotopic (exact) mass is 450 g/mol.